The van der Waals surface area contributed by atoms with E-state index in [1.165, 1.54) is 0 Å². The van der Waals surface area contributed by atoms with Crippen molar-refractivity contribution in [2.24, 2.45) is 11.5 Å². The number of hydrogen-bond acceptors (Lipinski definition) is 2. The molecule has 0 aromatic carbocycles. The Morgan fingerprint density at radius 1 is 0.900 bits per heavy atom. The van der Waals surface area contributed by atoms with E-state index in [1.54, 1.807) is 24.3 Å². The van der Waals surface area contributed by atoms with Gasteiger partial charge in [-0.3, -0.25) is 0 Å². The molecule has 0 aliphatic carbocycles. The third kappa shape index (κ3) is 2.77. The smallest absolute Gasteiger partial charge is 0.0547 e. The highest BCUT2D eigenvalue weighted by atomic mass is 14.7. The zero-order valence-electron chi connectivity index (χ0n) is 5.88. The Hall–Kier alpha value is -1.44. The van der Waals surface area contributed by atoms with Crippen molar-refractivity contribution >= 4 is 0 Å². The first-order valence-corrected chi connectivity index (χ1v) is 2.89. The average Bonchev–Trinajstić information content (AvgIpc) is 1.89. The second-order valence-electron chi connectivity index (χ2n) is 1.72. The van der Waals surface area contributed by atoms with Gasteiger partial charge in [-0.15, -0.1) is 0 Å². The van der Waals surface area contributed by atoms with Crippen LogP contribution in [-0.2, 0) is 0 Å². The molecule has 0 bridgehead atoms. The molecule has 0 amide bonds. The van der Waals surface area contributed by atoms with Crippen LogP contribution in [0.3, 0.4) is 0 Å². The summed E-state index contributed by atoms with van der Waals surface area (Å²) in [6.45, 7) is 6.96. The Morgan fingerprint density at radius 2 is 1.20 bits per heavy atom. The molecule has 0 radical (unpaired) electrons. The van der Waals surface area contributed by atoms with Gasteiger partial charge < -0.3 is 11.5 Å². The minimum absolute atomic E-state index is 0.509. The molecule has 2 nitrogen and oxygen atoms in total. The van der Waals surface area contributed by atoms with E-state index >= 15 is 0 Å². The molecule has 4 N–H and O–H groups in total. The largest absolute Gasteiger partial charge is 0.397 e. The van der Waals surface area contributed by atoms with E-state index in [4.69, 9.17) is 11.5 Å². The minimum Gasteiger partial charge on any atom is -0.397 e. The molecular formula is C8H12N2. The third-order valence-corrected chi connectivity index (χ3v) is 0.928. The summed E-state index contributed by atoms with van der Waals surface area (Å²) in [4.78, 5) is 0. The molecule has 0 aromatic heterocycles. The molecule has 54 valence electrons. The van der Waals surface area contributed by atoms with Gasteiger partial charge in [-0.25, -0.2) is 0 Å². The Morgan fingerprint density at radius 3 is 1.40 bits per heavy atom. The molecule has 2 heteroatoms. The fourth-order valence-electron chi connectivity index (χ4n) is 0.446. The maximum Gasteiger partial charge on any atom is 0.0547 e. The lowest BCUT2D eigenvalue weighted by atomic mass is 10.3. The first kappa shape index (κ1) is 8.56. The Kier molecular flexibility index (Phi) is 3.80. The van der Waals surface area contributed by atoms with Crippen molar-refractivity contribution in [2.75, 3.05) is 0 Å². The molecule has 0 saturated carbocycles. The Labute approximate surface area is 61.2 Å². The van der Waals surface area contributed by atoms with E-state index in [0.717, 1.165) is 0 Å². The van der Waals surface area contributed by atoms with E-state index < -0.39 is 0 Å². The minimum atomic E-state index is 0.509. The quantitative estimate of drug-likeness (QED) is 0.569. The molecule has 0 fully saturated rings. The number of rotatable bonds is 3. The molecule has 10 heavy (non-hydrogen) atoms. The van der Waals surface area contributed by atoms with E-state index in [1.807, 2.05) is 0 Å². The average molecular weight is 136 g/mol. The van der Waals surface area contributed by atoms with E-state index in [-0.39, 0.29) is 0 Å². The summed E-state index contributed by atoms with van der Waals surface area (Å²) >= 11 is 0. The summed E-state index contributed by atoms with van der Waals surface area (Å²) in [5.74, 6) is 0. The van der Waals surface area contributed by atoms with Crippen LogP contribution in [0.5, 0.6) is 0 Å². The van der Waals surface area contributed by atoms with Crippen molar-refractivity contribution in [3.8, 4) is 0 Å². The third-order valence-electron chi connectivity index (χ3n) is 0.928. The molecule has 0 aliphatic heterocycles. The zero-order valence-corrected chi connectivity index (χ0v) is 5.88. The monoisotopic (exact) mass is 136 g/mol. The van der Waals surface area contributed by atoms with Gasteiger partial charge in [-0.05, 0) is 12.2 Å². The lowest BCUT2D eigenvalue weighted by Crippen LogP contribution is -2.08. The van der Waals surface area contributed by atoms with E-state index in [9.17, 15) is 0 Å². The first-order valence-electron chi connectivity index (χ1n) is 2.89. The highest BCUT2D eigenvalue weighted by Crippen LogP contribution is 1.94. The first-order chi connectivity index (χ1) is 4.72. The summed E-state index contributed by atoms with van der Waals surface area (Å²) < 4.78 is 0. The van der Waals surface area contributed by atoms with Gasteiger partial charge in [0.25, 0.3) is 0 Å². The van der Waals surface area contributed by atoms with Crippen molar-refractivity contribution in [2.45, 2.75) is 0 Å². The van der Waals surface area contributed by atoms with Crippen LogP contribution in [0.1, 0.15) is 0 Å². The SMILES string of the molecule is C=C/C=C(N)\C(N)=C/C=C. The molecule has 0 rings (SSSR count). The van der Waals surface area contributed by atoms with Gasteiger partial charge in [0.15, 0.2) is 0 Å². The van der Waals surface area contributed by atoms with Crippen molar-refractivity contribution in [1.82, 2.24) is 0 Å². The highest BCUT2D eigenvalue weighted by molar-refractivity contribution is 5.30. The fourth-order valence-corrected chi connectivity index (χ4v) is 0.446. The maximum absolute atomic E-state index is 5.46. The highest BCUT2D eigenvalue weighted by Gasteiger charge is 1.88. The molecular weight excluding hydrogens is 124 g/mol. The van der Waals surface area contributed by atoms with E-state index in [2.05, 4.69) is 13.2 Å². The molecule has 0 aliphatic rings. The van der Waals surface area contributed by atoms with Gasteiger partial charge in [0.2, 0.25) is 0 Å². The van der Waals surface area contributed by atoms with Crippen molar-refractivity contribution in [1.29, 1.82) is 0 Å². The topological polar surface area (TPSA) is 52.0 Å². The lowest BCUT2D eigenvalue weighted by molar-refractivity contribution is 1.25. The van der Waals surface area contributed by atoms with Gasteiger partial charge >= 0.3 is 0 Å². The normalized spacial score (nSPS) is 12.8. The molecule has 0 heterocycles. The van der Waals surface area contributed by atoms with Gasteiger partial charge in [0.1, 0.15) is 0 Å². The number of nitrogens with two attached hydrogens (primary N) is 2. The van der Waals surface area contributed by atoms with Crippen LogP contribution in [0.2, 0.25) is 0 Å². The Balaban J connectivity index is 4.33. The van der Waals surface area contributed by atoms with Crippen LogP contribution in [0.15, 0.2) is 48.9 Å². The predicted molar refractivity (Wildman–Crippen MR) is 44.9 cm³/mol. The molecule has 0 spiro atoms. The van der Waals surface area contributed by atoms with Crippen LogP contribution in [-0.4, -0.2) is 0 Å². The van der Waals surface area contributed by atoms with Crippen LogP contribution in [0.4, 0.5) is 0 Å². The summed E-state index contributed by atoms with van der Waals surface area (Å²) in [5.41, 5.74) is 11.9. The molecule has 0 unspecified atom stereocenters. The van der Waals surface area contributed by atoms with Gasteiger partial charge in [-0.2, -0.15) is 0 Å². The fraction of sp³-hybridized carbons (Fsp3) is 0. The van der Waals surface area contributed by atoms with Crippen molar-refractivity contribution < 1.29 is 0 Å². The van der Waals surface area contributed by atoms with Crippen LogP contribution in [0, 0.1) is 0 Å². The summed E-state index contributed by atoms with van der Waals surface area (Å²) in [5, 5.41) is 0. The van der Waals surface area contributed by atoms with E-state index in [0.29, 0.717) is 11.4 Å². The van der Waals surface area contributed by atoms with Gasteiger partial charge in [-0.1, -0.05) is 25.3 Å². The van der Waals surface area contributed by atoms with Crippen LogP contribution < -0.4 is 11.5 Å². The number of allylic oxidation sites excluding steroid dienone is 4. The van der Waals surface area contributed by atoms with Gasteiger partial charge in [0.05, 0.1) is 11.4 Å². The standard InChI is InChI=1S/C8H12N2/c1-3-5-7(9)8(10)6-4-2/h3-6H,1-2,9-10H2/b7-5+,8-6+. The Bertz CT molecular complexity index is 165. The second kappa shape index (κ2) is 4.44. The lowest BCUT2D eigenvalue weighted by Gasteiger charge is -1.96. The maximum atomic E-state index is 5.46. The predicted octanol–water partition coefficient (Wildman–Crippen LogP) is 1.04. The van der Waals surface area contributed by atoms with Crippen molar-refractivity contribution in [3.63, 3.8) is 0 Å². The van der Waals surface area contributed by atoms with Crippen molar-refractivity contribution in [3.05, 3.63) is 48.9 Å². The second-order valence-corrected chi connectivity index (χ2v) is 1.72. The molecule has 0 saturated heterocycles. The molecule has 0 atom stereocenters. The van der Waals surface area contributed by atoms with Gasteiger partial charge in [0, 0.05) is 0 Å². The summed E-state index contributed by atoms with van der Waals surface area (Å²) in [6.07, 6.45) is 6.43. The zero-order chi connectivity index (χ0) is 7.98. The summed E-state index contributed by atoms with van der Waals surface area (Å²) in [7, 11) is 0. The summed E-state index contributed by atoms with van der Waals surface area (Å²) in [6, 6.07) is 0. The van der Waals surface area contributed by atoms with Crippen LogP contribution in [0.25, 0.3) is 0 Å². The molecule has 0 aromatic rings. The van der Waals surface area contributed by atoms with Crippen LogP contribution >= 0.6 is 0 Å². The number of hydrogen-bond donors (Lipinski definition) is 2.